The van der Waals surface area contributed by atoms with Crippen LogP contribution in [0.3, 0.4) is 0 Å². The third kappa shape index (κ3) is 3.28. The van der Waals surface area contributed by atoms with E-state index in [0.29, 0.717) is 6.42 Å². The third-order valence-electron chi connectivity index (χ3n) is 2.74. The molecule has 1 heterocycles. The van der Waals surface area contributed by atoms with Crippen LogP contribution in [0.15, 0.2) is 36.8 Å². The summed E-state index contributed by atoms with van der Waals surface area (Å²) in [5.74, 6) is -0.0965. The number of rotatable bonds is 5. The number of benzene rings is 1. The molecule has 0 atom stereocenters. The molecule has 0 spiro atoms. The molecule has 19 heavy (non-hydrogen) atoms. The second-order valence-corrected chi connectivity index (χ2v) is 4.02. The van der Waals surface area contributed by atoms with Crippen LogP contribution in [0.4, 0.5) is 0 Å². The molecule has 0 bridgehead atoms. The van der Waals surface area contributed by atoms with E-state index in [-0.39, 0.29) is 6.42 Å². The summed E-state index contributed by atoms with van der Waals surface area (Å²) in [6.45, 7) is 0. The lowest BCUT2D eigenvalue weighted by atomic mass is 10.0. The zero-order valence-corrected chi connectivity index (χ0v) is 10.5. The molecule has 0 aliphatic heterocycles. The topological polar surface area (TPSA) is 72.3 Å². The van der Waals surface area contributed by atoms with E-state index in [0.717, 1.165) is 22.6 Å². The largest absolute Gasteiger partial charge is 0.497 e. The Morgan fingerprint density at radius 3 is 3.00 bits per heavy atom. The molecule has 0 saturated carbocycles. The van der Waals surface area contributed by atoms with E-state index in [1.54, 1.807) is 13.3 Å². The summed E-state index contributed by atoms with van der Waals surface area (Å²) >= 11 is 0. The number of carboxylic acid groups (broad SMARTS) is 1. The second kappa shape index (κ2) is 5.95. The number of nitrogens with zero attached hydrogens (tertiary/aromatic N) is 2. The first-order chi connectivity index (χ1) is 9.20. The summed E-state index contributed by atoms with van der Waals surface area (Å²) in [7, 11) is 1.60. The molecule has 1 aromatic carbocycles. The Morgan fingerprint density at radius 2 is 2.26 bits per heavy atom. The van der Waals surface area contributed by atoms with Crippen LogP contribution in [-0.2, 0) is 11.2 Å². The molecule has 2 aromatic rings. The minimum atomic E-state index is -0.833. The number of carboxylic acids is 1. The maximum absolute atomic E-state index is 10.7. The van der Waals surface area contributed by atoms with Gasteiger partial charge in [0, 0.05) is 18.2 Å². The molecule has 0 radical (unpaired) electrons. The first-order valence-electron chi connectivity index (χ1n) is 5.86. The summed E-state index contributed by atoms with van der Waals surface area (Å²) in [5, 5.41) is 8.76. The highest BCUT2D eigenvalue weighted by Crippen LogP contribution is 2.25. The van der Waals surface area contributed by atoms with Gasteiger partial charge in [-0.15, -0.1) is 0 Å². The quantitative estimate of drug-likeness (QED) is 0.889. The molecule has 0 saturated heterocycles. The highest BCUT2D eigenvalue weighted by atomic mass is 16.5. The number of aryl methyl sites for hydroxylation is 1. The number of hydrogen-bond donors (Lipinski definition) is 1. The van der Waals surface area contributed by atoms with Gasteiger partial charge in [-0.1, -0.05) is 12.1 Å². The molecular formula is C14H14N2O3. The van der Waals surface area contributed by atoms with E-state index in [1.807, 2.05) is 24.3 Å². The normalized spacial score (nSPS) is 10.2. The van der Waals surface area contributed by atoms with E-state index in [1.165, 1.54) is 6.33 Å². The fourth-order valence-electron chi connectivity index (χ4n) is 1.81. The summed E-state index contributed by atoms with van der Waals surface area (Å²) in [6, 6.07) is 7.50. The van der Waals surface area contributed by atoms with Crippen molar-refractivity contribution < 1.29 is 14.6 Å². The van der Waals surface area contributed by atoms with Crippen LogP contribution in [0.5, 0.6) is 5.75 Å². The number of aliphatic carboxylic acids is 1. The Hall–Kier alpha value is -2.43. The fraction of sp³-hybridized carbons (Fsp3) is 0.214. The summed E-state index contributed by atoms with van der Waals surface area (Å²) < 4.78 is 5.18. The highest BCUT2D eigenvalue weighted by molar-refractivity contribution is 5.69. The average Bonchev–Trinajstić information content (AvgIpc) is 2.45. The van der Waals surface area contributed by atoms with Gasteiger partial charge in [0.2, 0.25) is 0 Å². The van der Waals surface area contributed by atoms with Crippen molar-refractivity contribution in [3.8, 4) is 17.0 Å². The molecule has 0 amide bonds. The smallest absolute Gasteiger partial charge is 0.303 e. The lowest BCUT2D eigenvalue weighted by molar-refractivity contribution is -0.136. The van der Waals surface area contributed by atoms with Gasteiger partial charge in [0.05, 0.1) is 12.8 Å². The maximum atomic E-state index is 10.7. The molecule has 5 heteroatoms. The van der Waals surface area contributed by atoms with Crippen molar-refractivity contribution in [1.82, 2.24) is 9.97 Å². The predicted octanol–water partition coefficient (Wildman–Crippen LogP) is 2.17. The third-order valence-corrected chi connectivity index (χ3v) is 2.74. The van der Waals surface area contributed by atoms with Gasteiger partial charge >= 0.3 is 5.97 Å². The summed E-state index contributed by atoms with van der Waals surface area (Å²) in [4.78, 5) is 18.9. The van der Waals surface area contributed by atoms with Gasteiger partial charge in [-0.2, -0.15) is 0 Å². The van der Waals surface area contributed by atoms with Crippen molar-refractivity contribution in [3.05, 3.63) is 42.4 Å². The Morgan fingerprint density at radius 1 is 1.42 bits per heavy atom. The molecule has 0 unspecified atom stereocenters. The molecule has 1 aromatic heterocycles. The monoisotopic (exact) mass is 258 g/mol. The van der Waals surface area contributed by atoms with E-state index >= 15 is 0 Å². The van der Waals surface area contributed by atoms with Gasteiger partial charge < -0.3 is 9.84 Å². The van der Waals surface area contributed by atoms with Crippen LogP contribution < -0.4 is 4.74 Å². The predicted molar refractivity (Wildman–Crippen MR) is 70.0 cm³/mol. The Labute approximate surface area is 110 Å². The molecule has 0 aliphatic rings. The Bertz CT molecular complexity index is 584. The highest BCUT2D eigenvalue weighted by Gasteiger charge is 2.09. The first-order valence-corrected chi connectivity index (χ1v) is 5.86. The maximum Gasteiger partial charge on any atom is 0.303 e. The van der Waals surface area contributed by atoms with Crippen molar-refractivity contribution in [2.24, 2.45) is 0 Å². The van der Waals surface area contributed by atoms with Crippen LogP contribution in [0.25, 0.3) is 11.3 Å². The van der Waals surface area contributed by atoms with E-state index in [4.69, 9.17) is 9.84 Å². The number of carbonyl (C=O) groups is 1. The number of methoxy groups -OCH3 is 1. The van der Waals surface area contributed by atoms with E-state index < -0.39 is 5.97 Å². The molecule has 98 valence electrons. The fourth-order valence-corrected chi connectivity index (χ4v) is 1.81. The van der Waals surface area contributed by atoms with Crippen molar-refractivity contribution in [2.45, 2.75) is 12.8 Å². The number of hydrogen-bond acceptors (Lipinski definition) is 4. The number of aromatic nitrogens is 2. The van der Waals surface area contributed by atoms with Gasteiger partial charge in [-0.3, -0.25) is 4.79 Å². The standard InChI is InChI=1S/C14H14N2O3/c1-19-12-4-2-3-10(7-12)14-11(5-6-13(17)18)8-15-9-16-14/h2-4,7-9H,5-6H2,1H3,(H,17,18). The Kier molecular flexibility index (Phi) is 4.07. The van der Waals surface area contributed by atoms with Gasteiger partial charge in [-0.05, 0) is 24.1 Å². The van der Waals surface area contributed by atoms with Crippen molar-refractivity contribution in [1.29, 1.82) is 0 Å². The van der Waals surface area contributed by atoms with Gasteiger partial charge in [0.1, 0.15) is 12.1 Å². The molecule has 2 rings (SSSR count). The minimum Gasteiger partial charge on any atom is -0.497 e. The van der Waals surface area contributed by atoms with Crippen LogP contribution >= 0.6 is 0 Å². The zero-order chi connectivity index (χ0) is 13.7. The lowest BCUT2D eigenvalue weighted by Gasteiger charge is -2.08. The Balaban J connectivity index is 2.35. The second-order valence-electron chi connectivity index (χ2n) is 4.02. The van der Waals surface area contributed by atoms with Crippen LogP contribution in [-0.4, -0.2) is 28.2 Å². The average molecular weight is 258 g/mol. The summed E-state index contributed by atoms with van der Waals surface area (Å²) in [6.07, 6.45) is 3.58. The van der Waals surface area contributed by atoms with Crippen molar-refractivity contribution >= 4 is 5.97 Å². The van der Waals surface area contributed by atoms with Crippen LogP contribution in [0.2, 0.25) is 0 Å². The van der Waals surface area contributed by atoms with Crippen LogP contribution in [0, 0.1) is 0 Å². The molecule has 0 aliphatic carbocycles. The number of ether oxygens (including phenoxy) is 1. The van der Waals surface area contributed by atoms with E-state index in [2.05, 4.69) is 9.97 Å². The van der Waals surface area contributed by atoms with Gasteiger partial charge in [-0.25, -0.2) is 9.97 Å². The van der Waals surface area contributed by atoms with Crippen molar-refractivity contribution in [2.75, 3.05) is 7.11 Å². The summed E-state index contributed by atoms with van der Waals surface area (Å²) in [5.41, 5.74) is 2.45. The zero-order valence-electron chi connectivity index (χ0n) is 10.5. The molecule has 1 N–H and O–H groups in total. The molecular weight excluding hydrogens is 244 g/mol. The molecule has 0 fully saturated rings. The minimum absolute atomic E-state index is 0.0599. The first kappa shape index (κ1) is 13.0. The van der Waals surface area contributed by atoms with Crippen LogP contribution in [0.1, 0.15) is 12.0 Å². The van der Waals surface area contributed by atoms with E-state index in [9.17, 15) is 4.79 Å². The molecule has 5 nitrogen and oxygen atoms in total. The SMILES string of the molecule is COc1cccc(-c2ncncc2CCC(=O)O)c1. The van der Waals surface area contributed by atoms with Gasteiger partial charge in [0.15, 0.2) is 0 Å². The lowest BCUT2D eigenvalue weighted by Crippen LogP contribution is -2.01. The van der Waals surface area contributed by atoms with Crippen molar-refractivity contribution in [3.63, 3.8) is 0 Å². The van der Waals surface area contributed by atoms with Gasteiger partial charge in [0.25, 0.3) is 0 Å².